The first-order chi connectivity index (χ1) is 9.69. The quantitative estimate of drug-likeness (QED) is 0.922. The molecule has 1 heterocycles. The van der Waals surface area contributed by atoms with Crippen LogP contribution in [0.3, 0.4) is 0 Å². The molecular formula is C16H18N4. The monoisotopic (exact) mass is 266 g/mol. The molecular weight excluding hydrogens is 248 g/mol. The van der Waals surface area contributed by atoms with Gasteiger partial charge in [0.15, 0.2) is 0 Å². The van der Waals surface area contributed by atoms with E-state index in [1.165, 1.54) is 0 Å². The lowest BCUT2D eigenvalue weighted by molar-refractivity contribution is 0.930. The molecule has 0 aliphatic rings. The van der Waals surface area contributed by atoms with Gasteiger partial charge < -0.3 is 5.32 Å². The fourth-order valence-electron chi connectivity index (χ4n) is 2.08. The molecule has 0 unspecified atom stereocenters. The van der Waals surface area contributed by atoms with E-state index in [9.17, 15) is 0 Å². The molecule has 1 aromatic carbocycles. The van der Waals surface area contributed by atoms with Gasteiger partial charge in [0.2, 0.25) is 0 Å². The Labute approximate surface area is 119 Å². The molecule has 0 fully saturated rings. The standard InChI is InChI=1S/C16H18N4/c1-4-14-19-15(11(3)16(20-14)18-5-2)13-8-6-7-12(9-13)10-17/h6-9H,4-5H2,1-3H3,(H,18,19,20). The highest BCUT2D eigenvalue weighted by atomic mass is 15.0. The summed E-state index contributed by atoms with van der Waals surface area (Å²) in [5.74, 6) is 1.68. The Hall–Kier alpha value is -2.41. The van der Waals surface area contributed by atoms with Crippen LogP contribution in [0.5, 0.6) is 0 Å². The molecule has 0 radical (unpaired) electrons. The summed E-state index contributed by atoms with van der Waals surface area (Å²) in [7, 11) is 0. The molecule has 1 N–H and O–H groups in total. The summed E-state index contributed by atoms with van der Waals surface area (Å²) in [6.07, 6.45) is 0.781. The Morgan fingerprint density at radius 3 is 2.70 bits per heavy atom. The van der Waals surface area contributed by atoms with Crippen molar-refractivity contribution in [2.75, 3.05) is 11.9 Å². The summed E-state index contributed by atoms with van der Waals surface area (Å²) in [5, 5.41) is 12.3. The van der Waals surface area contributed by atoms with Gasteiger partial charge in [-0.2, -0.15) is 5.26 Å². The van der Waals surface area contributed by atoms with Gasteiger partial charge >= 0.3 is 0 Å². The van der Waals surface area contributed by atoms with E-state index in [0.29, 0.717) is 5.56 Å². The molecule has 0 aliphatic carbocycles. The molecule has 0 saturated heterocycles. The fourth-order valence-corrected chi connectivity index (χ4v) is 2.08. The Kier molecular flexibility index (Phi) is 4.31. The van der Waals surface area contributed by atoms with Crippen molar-refractivity contribution in [1.82, 2.24) is 9.97 Å². The molecule has 0 amide bonds. The van der Waals surface area contributed by atoms with Crippen molar-refractivity contribution in [2.45, 2.75) is 27.2 Å². The lowest BCUT2D eigenvalue weighted by Crippen LogP contribution is -2.07. The molecule has 0 bridgehead atoms. The molecule has 2 rings (SSSR count). The van der Waals surface area contributed by atoms with E-state index in [-0.39, 0.29) is 0 Å². The van der Waals surface area contributed by atoms with E-state index in [1.807, 2.05) is 39.0 Å². The van der Waals surface area contributed by atoms with Gasteiger partial charge in [-0.1, -0.05) is 19.1 Å². The largest absolute Gasteiger partial charge is 0.370 e. The van der Waals surface area contributed by atoms with Crippen LogP contribution >= 0.6 is 0 Å². The summed E-state index contributed by atoms with van der Waals surface area (Å²) in [4.78, 5) is 9.14. The van der Waals surface area contributed by atoms with E-state index in [2.05, 4.69) is 21.4 Å². The Balaban J connectivity index is 2.60. The minimum atomic E-state index is 0.642. The van der Waals surface area contributed by atoms with Crippen molar-refractivity contribution in [3.63, 3.8) is 0 Å². The third-order valence-electron chi connectivity index (χ3n) is 3.12. The summed E-state index contributed by atoms with van der Waals surface area (Å²) < 4.78 is 0. The SMILES string of the molecule is CCNc1nc(CC)nc(-c2cccc(C#N)c2)c1C. The molecule has 102 valence electrons. The van der Waals surface area contributed by atoms with Gasteiger partial charge in [-0.25, -0.2) is 9.97 Å². The van der Waals surface area contributed by atoms with Gasteiger partial charge in [0, 0.05) is 24.1 Å². The first kappa shape index (κ1) is 14.0. The summed E-state index contributed by atoms with van der Waals surface area (Å²) >= 11 is 0. The molecule has 0 atom stereocenters. The number of nitriles is 1. The number of hydrogen-bond acceptors (Lipinski definition) is 4. The highest BCUT2D eigenvalue weighted by molar-refractivity contribution is 5.69. The Bertz CT molecular complexity index is 656. The van der Waals surface area contributed by atoms with Gasteiger partial charge in [-0.15, -0.1) is 0 Å². The summed E-state index contributed by atoms with van der Waals surface area (Å²) in [6.45, 7) is 6.91. The average molecular weight is 266 g/mol. The van der Waals surface area contributed by atoms with Crippen LogP contribution in [0.25, 0.3) is 11.3 Å². The summed E-state index contributed by atoms with van der Waals surface area (Å²) in [6, 6.07) is 9.69. The van der Waals surface area contributed by atoms with Crippen molar-refractivity contribution in [2.24, 2.45) is 0 Å². The van der Waals surface area contributed by atoms with Crippen molar-refractivity contribution in [3.05, 3.63) is 41.2 Å². The number of benzene rings is 1. The summed E-state index contributed by atoms with van der Waals surface area (Å²) in [5.41, 5.74) is 3.51. The number of rotatable bonds is 4. The maximum absolute atomic E-state index is 9.02. The second-order valence-electron chi connectivity index (χ2n) is 4.54. The van der Waals surface area contributed by atoms with Crippen LogP contribution in [0, 0.1) is 18.3 Å². The molecule has 0 aliphatic heterocycles. The molecule has 2 aromatic rings. The number of nitrogens with one attached hydrogen (secondary N) is 1. The molecule has 20 heavy (non-hydrogen) atoms. The molecule has 4 heteroatoms. The number of aryl methyl sites for hydroxylation is 1. The van der Waals surface area contributed by atoms with Gasteiger partial charge in [-0.05, 0) is 26.0 Å². The van der Waals surface area contributed by atoms with Crippen LogP contribution < -0.4 is 5.32 Å². The van der Waals surface area contributed by atoms with Gasteiger partial charge in [0.25, 0.3) is 0 Å². The molecule has 0 spiro atoms. The molecule has 0 saturated carbocycles. The second kappa shape index (κ2) is 6.16. The van der Waals surface area contributed by atoms with E-state index in [0.717, 1.165) is 41.4 Å². The second-order valence-corrected chi connectivity index (χ2v) is 4.54. The maximum atomic E-state index is 9.02. The highest BCUT2D eigenvalue weighted by Gasteiger charge is 2.12. The van der Waals surface area contributed by atoms with E-state index in [4.69, 9.17) is 5.26 Å². The van der Waals surface area contributed by atoms with Crippen molar-refractivity contribution in [3.8, 4) is 17.3 Å². The average Bonchev–Trinajstić information content (AvgIpc) is 2.49. The Morgan fingerprint density at radius 2 is 2.05 bits per heavy atom. The van der Waals surface area contributed by atoms with Crippen LogP contribution in [0.15, 0.2) is 24.3 Å². The van der Waals surface area contributed by atoms with Crippen LogP contribution in [0.1, 0.15) is 30.8 Å². The third-order valence-corrected chi connectivity index (χ3v) is 3.12. The fraction of sp³-hybridized carbons (Fsp3) is 0.312. The number of hydrogen-bond donors (Lipinski definition) is 1. The van der Waals surface area contributed by atoms with Crippen LogP contribution in [0.2, 0.25) is 0 Å². The van der Waals surface area contributed by atoms with Crippen molar-refractivity contribution < 1.29 is 0 Å². The maximum Gasteiger partial charge on any atom is 0.133 e. The van der Waals surface area contributed by atoms with Crippen molar-refractivity contribution >= 4 is 5.82 Å². The number of anilines is 1. The van der Waals surface area contributed by atoms with Gasteiger partial charge in [-0.3, -0.25) is 0 Å². The van der Waals surface area contributed by atoms with E-state index < -0.39 is 0 Å². The first-order valence-electron chi connectivity index (χ1n) is 6.81. The molecule has 1 aromatic heterocycles. The van der Waals surface area contributed by atoms with Crippen LogP contribution in [-0.4, -0.2) is 16.5 Å². The lowest BCUT2D eigenvalue weighted by Gasteiger charge is -2.13. The topological polar surface area (TPSA) is 61.6 Å². The van der Waals surface area contributed by atoms with E-state index >= 15 is 0 Å². The van der Waals surface area contributed by atoms with Crippen LogP contribution in [-0.2, 0) is 6.42 Å². The lowest BCUT2D eigenvalue weighted by atomic mass is 10.0. The predicted molar refractivity (Wildman–Crippen MR) is 80.5 cm³/mol. The number of nitrogens with zero attached hydrogens (tertiary/aromatic N) is 3. The molecule has 4 nitrogen and oxygen atoms in total. The van der Waals surface area contributed by atoms with E-state index in [1.54, 1.807) is 6.07 Å². The minimum Gasteiger partial charge on any atom is -0.370 e. The third kappa shape index (κ3) is 2.77. The highest BCUT2D eigenvalue weighted by Crippen LogP contribution is 2.26. The normalized spacial score (nSPS) is 10.1. The zero-order chi connectivity index (χ0) is 14.5. The minimum absolute atomic E-state index is 0.642. The number of aromatic nitrogens is 2. The first-order valence-corrected chi connectivity index (χ1v) is 6.81. The Morgan fingerprint density at radius 1 is 1.25 bits per heavy atom. The van der Waals surface area contributed by atoms with Gasteiger partial charge in [0.1, 0.15) is 11.6 Å². The zero-order valence-electron chi connectivity index (χ0n) is 12.1. The smallest absolute Gasteiger partial charge is 0.133 e. The van der Waals surface area contributed by atoms with Crippen LogP contribution in [0.4, 0.5) is 5.82 Å². The predicted octanol–water partition coefficient (Wildman–Crippen LogP) is 3.32. The van der Waals surface area contributed by atoms with Crippen molar-refractivity contribution in [1.29, 1.82) is 5.26 Å². The zero-order valence-corrected chi connectivity index (χ0v) is 12.1. The van der Waals surface area contributed by atoms with Gasteiger partial charge in [0.05, 0.1) is 17.3 Å².